The lowest BCUT2D eigenvalue weighted by molar-refractivity contribution is 0.0246. The minimum atomic E-state index is -0.987. The summed E-state index contributed by atoms with van der Waals surface area (Å²) in [4.78, 5) is 0. The van der Waals surface area contributed by atoms with Gasteiger partial charge in [0.15, 0.2) is 0 Å². The molecule has 0 amide bonds. The van der Waals surface area contributed by atoms with Crippen molar-refractivity contribution in [2.75, 3.05) is 6.54 Å². The summed E-state index contributed by atoms with van der Waals surface area (Å²) in [5.41, 5.74) is 4.17. The van der Waals surface area contributed by atoms with Crippen molar-refractivity contribution >= 4 is 0 Å². The van der Waals surface area contributed by atoms with Crippen LogP contribution in [0.1, 0.15) is 19.8 Å². The monoisotopic (exact) mass is 117 g/mol. The Morgan fingerprint density at radius 2 is 2.25 bits per heavy atom. The van der Waals surface area contributed by atoms with Gasteiger partial charge in [0.25, 0.3) is 0 Å². The summed E-state index contributed by atoms with van der Waals surface area (Å²) >= 11 is 0. The highest BCUT2D eigenvalue weighted by Gasteiger charge is 2.40. The Morgan fingerprint density at radius 3 is 2.38 bits per heavy atom. The van der Waals surface area contributed by atoms with Crippen molar-refractivity contribution in [1.29, 1.82) is 0 Å². The van der Waals surface area contributed by atoms with Gasteiger partial charge in [-0.2, -0.15) is 0 Å². The van der Waals surface area contributed by atoms with E-state index in [1.165, 1.54) is 0 Å². The van der Waals surface area contributed by atoms with Crippen molar-refractivity contribution in [3.8, 4) is 0 Å². The summed E-state index contributed by atoms with van der Waals surface area (Å²) in [5, 5.41) is 0. The third-order valence-corrected chi connectivity index (χ3v) is 1.79. The molecule has 0 saturated heterocycles. The lowest BCUT2D eigenvalue weighted by atomic mass is 9.73. The fraction of sp³-hybridized carbons (Fsp3) is 1.00. The fourth-order valence-corrected chi connectivity index (χ4v) is 1.36. The van der Waals surface area contributed by atoms with Crippen molar-refractivity contribution < 1.29 is 4.39 Å². The number of hydrogen-bond donors (Lipinski definition) is 1. The molecule has 0 aromatic rings. The molecule has 0 unspecified atom stereocenters. The Labute approximate surface area is 49.1 Å². The van der Waals surface area contributed by atoms with Gasteiger partial charge in [-0.05, 0) is 18.8 Å². The topological polar surface area (TPSA) is 26.0 Å². The van der Waals surface area contributed by atoms with Crippen molar-refractivity contribution in [2.24, 2.45) is 11.7 Å². The molecule has 48 valence electrons. The Morgan fingerprint density at radius 1 is 1.75 bits per heavy atom. The summed E-state index contributed by atoms with van der Waals surface area (Å²) in [5.74, 6) is 0.559. The molecule has 1 aliphatic rings. The zero-order valence-corrected chi connectivity index (χ0v) is 5.15. The van der Waals surface area contributed by atoms with Crippen LogP contribution in [0.3, 0.4) is 0 Å². The van der Waals surface area contributed by atoms with Crippen molar-refractivity contribution in [3.05, 3.63) is 0 Å². The van der Waals surface area contributed by atoms with Crippen molar-refractivity contribution in [1.82, 2.24) is 0 Å². The van der Waals surface area contributed by atoms with Gasteiger partial charge < -0.3 is 5.73 Å². The van der Waals surface area contributed by atoms with E-state index in [1.54, 1.807) is 0 Å². The molecule has 2 heteroatoms. The molecule has 8 heavy (non-hydrogen) atoms. The standard InChI is InChI=1S/C6H12FN/c1-5-2-6(7,3-5)4-8/h5H,2-4,8H2,1H3. The lowest BCUT2D eigenvalue weighted by Gasteiger charge is -2.38. The first-order chi connectivity index (χ1) is 3.66. The Kier molecular flexibility index (Phi) is 1.27. The zero-order valence-electron chi connectivity index (χ0n) is 5.15. The summed E-state index contributed by atoms with van der Waals surface area (Å²) in [6.07, 6.45) is 1.34. The average Bonchev–Trinajstić information content (AvgIpc) is 1.63. The third-order valence-electron chi connectivity index (χ3n) is 1.79. The predicted octanol–water partition coefficient (Wildman–Crippen LogP) is 1.08. The first-order valence-electron chi connectivity index (χ1n) is 3.05. The molecule has 1 rings (SSSR count). The molecule has 0 heterocycles. The largest absolute Gasteiger partial charge is 0.328 e. The maximum atomic E-state index is 12.8. The summed E-state index contributed by atoms with van der Waals surface area (Å²) < 4.78 is 12.8. The quantitative estimate of drug-likeness (QED) is 0.546. The van der Waals surface area contributed by atoms with Crippen LogP contribution in [0, 0.1) is 5.92 Å². The number of rotatable bonds is 1. The fourth-order valence-electron chi connectivity index (χ4n) is 1.36. The van der Waals surface area contributed by atoms with Gasteiger partial charge in [0, 0.05) is 6.54 Å². The van der Waals surface area contributed by atoms with Gasteiger partial charge in [-0.3, -0.25) is 0 Å². The molecular formula is C6H12FN. The molecule has 0 bridgehead atoms. The second-order valence-electron chi connectivity index (χ2n) is 2.87. The first-order valence-corrected chi connectivity index (χ1v) is 3.05. The third kappa shape index (κ3) is 0.848. The molecule has 1 fully saturated rings. The molecule has 0 aromatic heterocycles. The van der Waals surface area contributed by atoms with Crippen LogP contribution in [0.5, 0.6) is 0 Å². The normalized spacial score (nSPS) is 46.1. The molecule has 0 atom stereocenters. The minimum Gasteiger partial charge on any atom is -0.328 e. The number of hydrogen-bond acceptors (Lipinski definition) is 1. The summed E-state index contributed by atoms with van der Waals surface area (Å²) in [6, 6.07) is 0. The van der Waals surface area contributed by atoms with Crippen LogP contribution in [0.2, 0.25) is 0 Å². The van der Waals surface area contributed by atoms with Crippen molar-refractivity contribution in [2.45, 2.75) is 25.4 Å². The van der Waals surface area contributed by atoms with Gasteiger partial charge >= 0.3 is 0 Å². The van der Waals surface area contributed by atoms with E-state index in [4.69, 9.17) is 5.73 Å². The molecule has 0 radical (unpaired) electrons. The number of halogens is 1. The molecular weight excluding hydrogens is 105 g/mol. The van der Waals surface area contributed by atoms with E-state index in [0.717, 1.165) is 0 Å². The second kappa shape index (κ2) is 1.69. The van der Waals surface area contributed by atoms with E-state index in [2.05, 4.69) is 0 Å². The minimum absolute atomic E-state index is 0.206. The van der Waals surface area contributed by atoms with E-state index in [0.29, 0.717) is 18.8 Å². The second-order valence-corrected chi connectivity index (χ2v) is 2.87. The number of alkyl halides is 1. The van der Waals surface area contributed by atoms with E-state index in [1.807, 2.05) is 6.92 Å². The predicted molar refractivity (Wildman–Crippen MR) is 31.3 cm³/mol. The highest BCUT2D eigenvalue weighted by atomic mass is 19.1. The van der Waals surface area contributed by atoms with Crippen LogP contribution in [-0.4, -0.2) is 12.2 Å². The van der Waals surface area contributed by atoms with E-state index >= 15 is 0 Å². The van der Waals surface area contributed by atoms with Crippen LogP contribution in [0.25, 0.3) is 0 Å². The van der Waals surface area contributed by atoms with Gasteiger partial charge in [0.2, 0.25) is 0 Å². The molecule has 0 aliphatic heterocycles. The Bertz CT molecular complexity index is 86.5. The van der Waals surface area contributed by atoms with Crippen LogP contribution in [0.4, 0.5) is 4.39 Å². The first kappa shape index (κ1) is 6.02. The van der Waals surface area contributed by atoms with Crippen LogP contribution in [0.15, 0.2) is 0 Å². The maximum Gasteiger partial charge on any atom is 0.123 e. The Balaban J connectivity index is 2.30. The molecule has 0 spiro atoms. The van der Waals surface area contributed by atoms with Crippen LogP contribution >= 0.6 is 0 Å². The average molecular weight is 117 g/mol. The highest BCUT2D eigenvalue weighted by Crippen LogP contribution is 2.39. The van der Waals surface area contributed by atoms with Crippen LogP contribution < -0.4 is 5.73 Å². The number of nitrogens with two attached hydrogens (primary N) is 1. The van der Waals surface area contributed by atoms with Gasteiger partial charge in [0.1, 0.15) is 5.67 Å². The van der Waals surface area contributed by atoms with E-state index in [-0.39, 0.29) is 6.54 Å². The maximum absolute atomic E-state index is 12.8. The van der Waals surface area contributed by atoms with Gasteiger partial charge in [-0.15, -0.1) is 0 Å². The molecule has 1 nitrogen and oxygen atoms in total. The smallest absolute Gasteiger partial charge is 0.123 e. The molecule has 1 aliphatic carbocycles. The van der Waals surface area contributed by atoms with Gasteiger partial charge in [-0.25, -0.2) is 4.39 Å². The Hall–Kier alpha value is -0.110. The highest BCUT2D eigenvalue weighted by molar-refractivity contribution is 4.93. The molecule has 1 saturated carbocycles. The van der Waals surface area contributed by atoms with Crippen molar-refractivity contribution in [3.63, 3.8) is 0 Å². The van der Waals surface area contributed by atoms with E-state index < -0.39 is 5.67 Å². The summed E-state index contributed by atoms with van der Waals surface area (Å²) in [6.45, 7) is 2.25. The zero-order chi connectivity index (χ0) is 6.20. The van der Waals surface area contributed by atoms with Gasteiger partial charge in [-0.1, -0.05) is 6.92 Å². The van der Waals surface area contributed by atoms with Crippen LogP contribution in [-0.2, 0) is 0 Å². The molecule has 0 aromatic carbocycles. The lowest BCUT2D eigenvalue weighted by Crippen LogP contribution is -2.44. The SMILES string of the molecule is CC1CC(F)(CN)C1. The molecule has 2 N–H and O–H groups in total. The van der Waals surface area contributed by atoms with Gasteiger partial charge in [0.05, 0.1) is 0 Å². The summed E-state index contributed by atoms with van der Waals surface area (Å²) in [7, 11) is 0. The van der Waals surface area contributed by atoms with E-state index in [9.17, 15) is 4.39 Å².